The third kappa shape index (κ3) is 4.97. The van der Waals surface area contributed by atoms with Gasteiger partial charge in [-0.25, -0.2) is 4.98 Å². The van der Waals surface area contributed by atoms with Gasteiger partial charge in [0.1, 0.15) is 11.3 Å². The standard InChI is InChI=1S/C23H24N2O5/c26-21(16-29-22(27)12-15-28-18-6-2-1-3-7-18)25-13-10-17(11-14-25)23-24-19-8-4-5-9-20(19)30-23/h1-9,17H,10-16H2. The molecule has 1 saturated heterocycles. The van der Waals surface area contributed by atoms with Gasteiger partial charge in [0.2, 0.25) is 0 Å². The summed E-state index contributed by atoms with van der Waals surface area (Å²) in [7, 11) is 0. The number of para-hydroxylation sites is 3. The number of hydrogen-bond acceptors (Lipinski definition) is 6. The lowest BCUT2D eigenvalue weighted by molar-refractivity contribution is -0.152. The van der Waals surface area contributed by atoms with Crippen molar-refractivity contribution in [2.75, 3.05) is 26.3 Å². The van der Waals surface area contributed by atoms with Crippen LogP contribution in [0.1, 0.15) is 31.1 Å². The van der Waals surface area contributed by atoms with Crippen molar-refractivity contribution in [3.63, 3.8) is 0 Å². The van der Waals surface area contributed by atoms with Gasteiger partial charge in [-0.05, 0) is 37.1 Å². The van der Waals surface area contributed by atoms with Crippen LogP contribution in [0.4, 0.5) is 0 Å². The van der Waals surface area contributed by atoms with E-state index in [1.807, 2.05) is 54.6 Å². The van der Waals surface area contributed by atoms with Gasteiger partial charge in [-0.3, -0.25) is 9.59 Å². The first-order chi connectivity index (χ1) is 14.7. The second-order valence-electron chi connectivity index (χ2n) is 7.25. The lowest BCUT2D eigenvalue weighted by atomic mass is 9.97. The number of amides is 1. The summed E-state index contributed by atoms with van der Waals surface area (Å²) >= 11 is 0. The molecule has 156 valence electrons. The summed E-state index contributed by atoms with van der Waals surface area (Å²) in [5, 5.41) is 0. The summed E-state index contributed by atoms with van der Waals surface area (Å²) in [6, 6.07) is 16.9. The molecule has 0 saturated carbocycles. The average Bonchev–Trinajstić information content (AvgIpc) is 3.23. The van der Waals surface area contributed by atoms with E-state index in [1.54, 1.807) is 4.90 Å². The van der Waals surface area contributed by atoms with Gasteiger partial charge in [-0.15, -0.1) is 0 Å². The Bertz CT molecular complexity index is 960. The minimum Gasteiger partial charge on any atom is -0.493 e. The van der Waals surface area contributed by atoms with E-state index in [4.69, 9.17) is 13.9 Å². The van der Waals surface area contributed by atoms with Crippen molar-refractivity contribution in [2.45, 2.75) is 25.2 Å². The minimum absolute atomic E-state index is 0.0992. The molecular formula is C23H24N2O5. The SMILES string of the molecule is O=C(CCOc1ccccc1)OCC(=O)N1CCC(c2nc3ccccc3o2)CC1. The summed E-state index contributed by atoms with van der Waals surface area (Å²) in [5.41, 5.74) is 1.64. The van der Waals surface area contributed by atoms with Crippen molar-refractivity contribution >= 4 is 23.0 Å². The minimum atomic E-state index is -0.444. The van der Waals surface area contributed by atoms with Crippen molar-refractivity contribution in [3.8, 4) is 5.75 Å². The quantitative estimate of drug-likeness (QED) is 0.556. The first-order valence-electron chi connectivity index (χ1n) is 10.2. The second-order valence-corrected chi connectivity index (χ2v) is 7.25. The maximum atomic E-state index is 12.4. The highest BCUT2D eigenvalue weighted by atomic mass is 16.5. The number of ether oxygens (including phenoxy) is 2. The van der Waals surface area contributed by atoms with Crippen LogP contribution in [0.15, 0.2) is 59.0 Å². The molecular weight excluding hydrogens is 384 g/mol. The summed E-state index contributed by atoms with van der Waals surface area (Å²) in [4.78, 5) is 30.5. The molecule has 3 aromatic rings. The van der Waals surface area contributed by atoms with Gasteiger partial charge in [-0.2, -0.15) is 0 Å². The van der Waals surface area contributed by atoms with Gasteiger partial charge < -0.3 is 18.8 Å². The fourth-order valence-electron chi connectivity index (χ4n) is 3.52. The molecule has 0 bridgehead atoms. The molecule has 0 atom stereocenters. The topological polar surface area (TPSA) is 81.9 Å². The monoisotopic (exact) mass is 408 g/mol. The number of aromatic nitrogens is 1. The third-order valence-electron chi connectivity index (χ3n) is 5.18. The van der Waals surface area contributed by atoms with Crippen molar-refractivity contribution < 1.29 is 23.5 Å². The smallest absolute Gasteiger partial charge is 0.309 e. The molecule has 0 N–H and O–H groups in total. The Morgan fingerprint density at radius 3 is 2.53 bits per heavy atom. The first kappa shape index (κ1) is 19.9. The molecule has 0 aliphatic carbocycles. The fourth-order valence-corrected chi connectivity index (χ4v) is 3.52. The number of piperidine rings is 1. The molecule has 1 amide bonds. The molecule has 7 heteroatoms. The number of rotatable bonds is 7. The zero-order chi connectivity index (χ0) is 20.8. The Morgan fingerprint density at radius 2 is 1.77 bits per heavy atom. The Balaban J connectivity index is 1.17. The fraction of sp³-hybridized carbons (Fsp3) is 0.348. The van der Waals surface area contributed by atoms with Crippen LogP contribution in [0.5, 0.6) is 5.75 Å². The van der Waals surface area contributed by atoms with Crippen molar-refractivity contribution in [3.05, 3.63) is 60.5 Å². The van der Waals surface area contributed by atoms with Crippen LogP contribution in [0.3, 0.4) is 0 Å². The molecule has 4 rings (SSSR count). The van der Waals surface area contributed by atoms with Crippen LogP contribution in [0.2, 0.25) is 0 Å². The molecule has 30 heavy (non-hydrogen) atoms. The van der Waals surface area contributed by atoms with Crippen molar-refractivity contribution in [1.29, 1.82) is 0 Å². The maximum Gasteiger partial charge on any atom is 0.309 e. The number of oxazole rings is 1. The maximum absolute atomic E-state index is 12.4. The Labute approximate surface area is 174 Å². The third-order valence-corrected chi connectivity index (χ3v) is 5.18. The summed E-state index contributed by atoms with van der Waals surface area (Å²) in [6.45, 7) is 1.17. The second kappa shape index (κ2) is 9.43. The summed E-state index contributed by atoms with van der Waals surface area (Å²) in [5.74, 6) is 0.999. The highest BCUT2D eigenvalue weighted by Crippen LogP contribution is 2.29. The summed E-state index contributed by atoms with van der Waals surface area (Å²) in [6.07, 6.45) is 1.65. The molecule has 1 aliphatic heterocycles. The van der Waals surface area contributed by atoms with Gasteiger partial charge >= 0.3 is 5.97 Å². The van der Waals surface area contributed by atoms with Gasteiger partial charge in [0.15, 0.2) is 18.1 Å². The van der Waals surface area contributed by atoms with Gasteiger partial charge in [-0.1, -0.05) is 30.3 Å². The molecule has 2 aromatic carbocycles. The van der Waals surface area contributed by atoms with Crippen molar-refractivity contribution in [2.24, 2.45) is 0 Å². The molecule has 0 unspecified atom stereocenters. The zero-order valence-electron chi connectivity index (χ0n) is 16.7. The average molecular weight is 408 g/mol. The Morgan fingerprint density at radius 1 is 1.03 bits per heavy atom. The Kier molecular flexibility index (Phi) is 6.27. The molecule has 1 fully saturated rings. The van der Waals surface area contributed by atoms with E-state index >= 15 is 0 Å². The Hall–Kier alpha value is -3.35. The molecule has 0 radical (unpaired) electrons. The molecule has 2 heterocycles. The predicted molar refractivity (Wildman–Crippen MR) is 110 cm³/mol. The van der Waals surface area contributed by atoms with E-state index < -0.39 is 5.97 Å². The highest BCUT2D eigenvalue weighted by Gasteiger charge is 2.27. The van der Waals surface area contributed by atoms with E-state index in [2.05, 4.69) is 4.98 Å². The lowest BCUT2D eigenvalue weighted by Gasteiger charge is -2.30. The number of fused-ring (bicyclic) bond motifs is 1. The summed E-state index contributed by atoms with van der Waals surface area (Å²) < 4.78 is 16.4. The number of benzene rings is 2. The zero-order valence-corrected chi connectivity index (χ0v) is 16.7. The van der Waals surface area contributed by atoms with Crippen LogP contribution in [-0.4, -0.2) is 48.1 Å². The molecule has 7 nitrogen and oxygen atoms in total. The van der Waals surface area contributed by atoms with Crippen LogP contribution in [-0.2, 0) is 14.3 Å². The molecule has 1 aromatic heterocycles. The van der Waals surface area contributed by atoms with E-state index in [9.17, 15) is 9.59 Å². The van der Waals surface area contributed by atoms with Crippen LogP contribution in [0.25, 0.3) is 11.1 Å². The normalized spacial score (nSPS) is 14.6. The van der Waals surface area contributed by atoms with E-state index in [-0.39, 0.29) is 31.5 Å². The lowest BCUT2D eigenvalue weighted by Crippen LogP contribution is -2.40. The number of carbonyl (C=O) groups is 2. The van der Waals surface area contributed by atoms with Gasteiger partial charge in [0, 0.05) is 19.0 Å². The molecule has 0 spiro atoms. The largest absolute Gasteiger partial charge is 0.493 e. The van der Waals surface area contributed by atoms with Crippen molar-refractivity contribution in [1.82, 2.24) is 9.88 Å². The van der Waals surface area contributed by atoms with E-state index in [0.717, 1.165) is 29.8 Å². The number of likely N-dealkylation sites (tertiary alicyclic amines) is 1. The number of carbonyl (C=O) groups excluding carboxylic acids is 2. The number of hydrogen-bond donors (Lipinski definition) is 0. The van der Waals surface area contributed by atoms with Gasteiger partial charge in [0.05, 0.1) is 13.0 Å². The molecule has 1 aliphatic rings. The highest BCUT2D eigenvalue weighted by molar-refractivity contribution is 5.80. The van der Waals surface area contributed by atoms with Crippen LogP contribution >= 0.6 is 0 Å². The van der Waals surface area contributed by atoms with Crippen LogP contribution < -0.4 is 4.74 Å². The number of nitrogens with zero attached hydrogens (tertiary/aromatic N) is 2. The number of esters is 1. The van der Waals surface area contributed by atoms with E-state index in [0.29, 0.717) is 18.8 Å². The van der Waals surface area contributed by atoms with E-state index in [1.165, 1.54) is 0 Å². The van der Waals surface area contributed by atoms with Gasteiger partial charge in [0.25, 0.3) is 5.91 Å². The predicted octanol–water partition coefficient (Wildman–Crippen LogP) is 3.55. The first-order valence-corrected chi connectivity index (χ1v) is 10.2. The van der Waals surface area contributed by atoms with Crippen LogP contribution in [0, 0.1) is 0 Å².